The second-order valence-electron chi connectivity index (χ2n) is 6.82. The molecule has 2 aromatic carbocycles. The Kier molecular flexibility index (Phi) is 5.27. The first-order valence-corrected chi connectivity index (χ1v) is 10.0. The first kappa shape index (κ1) is 17.2. The van der Waals surface area contributed by atoms with Crippen LogP contribution in [0.1, 0.15) is 35.6 Å². The fourth-order valence-electron chi connectivity index (χ4n) is 3.47. The Morgan fingerprint density at radius 2 is 1.96 bits per heavy atom. The average molecular weight is 366 g/mol. The number of aromatic nitrogens is 1. The molecule has 134 valence electrons. The first-order chi connectivity index (χ1) is 12.8. The van der Waals surface area contributed by atoms with Crippen molar-refractivity contribution in [3.8, 4) is 0 Å². The largest absolute Gasteiger partial charge is 0.317 e. The van der Waals surface area contributed by atoms with Crippen LogP contribution in [-0.2, 0) is 11.2 Å². The SMILES string of the molecule is O=C(CCc1ccc2ccccc2c1)Nc1ncc(C2CCNCC2)s1. The Labute approximate surface area is 157 Å². The van der Waals surface area contributed by atoms with Gasteiger partial charge >= 0.3 is 0 Å². The normalized spacial score (nSPS) is 15.2. The van der Waals surface area contributed by atoms with Crippen LogP contribution in [0.5, 0.6) is 0 Å². The van der Waals surface area contributed by atoms with Gasteiger partial charge in [0.05, 0.1) is 0 Å². The van der Waals surface area contributed by atoms with Crippen LogP contribution in [0.2, 0.25) is 0 Å². The number of fused-ring (bicyclic) bond motifs is 1. The van der Waals surface area contributed by atoms with Crippen molar-refractivity contribution in [2.45, 2.75) is 31.6 Å². The Bertz CT molecular complexity index is 899. The molecule has 1 saturated heterocycles. The maximum Gasteiger partial charge on any atom is 0.226 e. The molecule has 0 unspecified atom stereocenters. The second-order valence-corrected chi connectivity index (χ2v) is 7.88. The number of rotatable bonds is 5. The smallest absolute Gasteiger partial charge is 0.226 e. The number of amides is 1. The van der Waals surface area contributed by atoms with Gasteiger partial charge in [0.2, 0.25) is 5.91 Å². The van der Waals surface area contributed by atoms with Crippen LogP contribution in [0.4, 0.5) is 5.13 Å². The molecule has 0 bridgehead atoms. The highest BCUT2D eigenvalue weighted by molar-refractivity contribution is 7.15. The third-order valence-corrected chi connectivity index (χ3v) is 6.04. The van der Waals surface area contributed by atoms with E-state index < -0.39 is 0 Å². The van der Waals surface area contributed by atoms with E-state index in [-0.39, 0.29) is 5.91 Å². The van der Waals surface area contributed by atoms with E-state index >= 15 is 0 Å². The quantitative estimate of drug-likeness (QED) is 0.707. The molecule has 5 heteroatoms. The highest BCUT2D eigenvalue weighted by Gasteiger charge is 2.18. The van der Waals surface area contributed by atoms with Crippen LogP contribution in [0, 0.1) is 0 Å². The summed E-state index contributed by atoms with van der Waals surface area (Å²) >= 11 is 1.62. The summed E-state index contributed by atoms with van der Waals surface area (Å²) in [6.07, 6.45) is 5.44. The van der Waals surface area contributed by atoms with Gasteiger partial charge in [0.25, 0.3) is 0 Å². The van der Waals surface area contributed by atoms with Gasteiger partial charge in [-0.15, -0.1) is 11.3 Å². The minimum atomic E-state index is 0.0318. The maximum absolute atomic E-state index is 12.3. The molecule has 0 atom stereocenters. The predicted octanol–water partition coefficient (Wildman–Crippen LogP) is 4.33. The zero-order valence-corrected chi connectivity index (χ0v) is 15.5. The molecular weight excluding hydrogens is 342 g/mol. The van der Waals surface area contributed by atoms with E-state index in [0.29, 0.717) is 12.3 Å². The van der Waals surface area contributed by atoms with Gasteiger partial charge in [-0.2, -0.15) is 0 Å². The molecule has 2 heterocycles. The molecule has 1 aliphatic heterocycles. The minimum Gasteiger partial charge on any atom is -0.317 e. The number of hydrogen-bond donors (Lipinski definition) is 2. The van der Waals surface area contributed by atoms with Gasteiger partial charge in [0.15, 0.2) is 5.13 Å². The van der Waals surface area contributed by atoms with E-state index in [1.165, 1.54) is 21.2 Å². The summed E-state index contributed by atoms with van der Waals surface area (Å²) in [4.78, 5) is 18.0. The van der Waals surface area contributed by atoms with Crippen LogP contribution in [-0.4, -0.2) is 24.0 Å². The number of aryl methyl sites for hydroxylation is 1. The molecule has 3 aromatic rings. The summed E-state index contributed by atoms with van der Waals surface area (Å²) < 4.78 is 0. The summed E-state index contributed by atoms with van der Waals surface area (Å²) in [6.45, 7) is 2.13. The topological polar surface area (TPSA) is 54.0 Å². The number of carbonyl (C=O) groups excluding carboxylic acids is 1. The number of nitrogens with zero attached hydrogens (tertiary/aromatic N) is 1. The van der Waals surface area contributed by atoms with E-state index in [1.54, 1.807) is 11.3 Å². The molecule has 2 N–H and O–H groups in total. The van der Waals surface area contributed by atoms with E-state index in [4.69, 9.17) is 0 Å². The van der Waals surface area contributed by atoms with Crippen LogP contribution < -0.4 is 10.6 Å². The monoisotopic (exact) mass is 365 g/mol. The van der Waals surface area contributed by atoms with Crippen molar-refractivity contribution in [3.63, 3.8) is 0 Å². The van der Waals surface area contributed by atoms with Gasteiger partial charge in [0.1, 0.15) is 0 Å². The predicted molar refractivity (Wildman–Crippen MR) is 108 cm³/mol. The van der Waals surface area contributed by atoms with Crippen LogP contribution in [0.25, 0.3) is 10.8 Å². The molecule has 1 aromatic heterocycles. The summed E-state index contributed by atoms with van der Waals surface area (Å²) in [5.74, 6) is 0.612. The molecule has 0 saturated carbocycles. The molecule has 1 amide bonds. The third-order valence-electron chi connectivity index (χ3n) is 4.97. The molecule has 0 radical (unpaired) electrons. The van der Waals surface area contributed by atoms with Gasteiger partial charge in [-0.05, 0) is 54.6 Å². The standard InChI is InChI=1S/C21H23N3OS/c25-20(8-6-15-5-7-16-3-1-2-4-18(16)13-15)24-21-23-14-19(26-21)17-9-11-22-12-10-17/h1-5,7,13-14,17,22H,6,8-12H2,(H,23,24,25). The number of anilines is 1. The van der Waals surface area contributed by atoms with Gasteiger partial charge in [-0.25, -0.2) is 4.98 Å². The molecule has 1 fully saturated rings. The van der Waals surface area contributed by atoms with Crippen LogP contribution >= 0.6 is 11.3 Å². The number of hydrogen-bond acceptors (Lipinski definition) is 4. The van der Waals surface area contributed by atoms with E-state index in [9.17, 15) is 4.79 Å². The molecule has 26 heavy (non-hydrogen) atoms. The number of nitrogens with one attached hydrogen (secondary N) is 2. The van der Waals surface area contributed by atoms with E-state index in [2.05, 4.69) is 45.9 Å². The van der Waals surface area contributed by atoms with Crippen molar-refractivity contribution >= 4 is 33.1 Å². The summed E-state index contributed by atoms with van der Waals surface area (Å²) in [6, 6.07) is 14.7. The summed E-state index contributed by atoms with van der Waals surface area (Å²) in [5.41, 5.74) is 1.19. The number of carbonyl (C=O) groups is 1. The lowest BCUT2D eigenvalue weighted by Gasteiger charge is -2.20. The zero-order chi connectivity index (χ0) is 17.8. The van der Waals surface area contributed by atoms with Crippen molar-refractivity contribution in [2.24, 2.45) is 0 Å². The lowest BCUT2D eigenvalue weighted by molar-refractivity contribution is -0.116. The Morgan fingerprint density at radius 1 is 1.15 bits per heavy atom. The Balaban J connectivity index is 1.32. The second kappa shape index (κ2) is 7.98. The van der Waals surface area contributed by atoms with E-state index in [1.807, 2.05) is 18.3 Å². The first-order valence-electron chi connectivity index (χ1n) is 9.22. The van der Waals surface area contributed by atoms with E-state index in [0.717, 1.165) is 37.5 Å². The van der Waals surface area contributed by atoms with Crippen molar-refractivity contribution in [1.29, 1.82) is 0 Å². The van der Waals surface area contributed by atoms with Gasteiger partial charge in [-0.3, -0.25) is 4.79 Å². The molecule has 1 aliphatic rings. The Hall–Kier alpha value is -2.24. The number of benzene rings is 2. The van der Waals surface area contributed by atoms with Crippen molar-refractivity contribution in [2.75, 3.05) is 18.4 Å². The molecular formula is C21H23N3OS. The molecule has 4 nitrogen and oxygen atoms in total. The van der Waals surface area contributed by atoms with Gasteiger partial charge in [0, 0.05) is 17.5 Å². The number of piperidine rings is 1. The lowest BCUT2D eigenvalue weighted by atomic mass is 9.97. The minimum absolute atomic E-state index is 0.0318. The molecule has 0 spiro atoms. The Morgan fingerprint density at radius 3 is 2.81 bits per heavy atom. The third kappa shape index (κ3) is 4.11. The van der Waals surface area contributed by atoms with Crippen molar-refractivity contribution < 1.29 is 4.79 Å². The fraction of sp³-hybridized carbons (Fsp3) is 0.333. The van der Waals surface area contributed by atoms with Crippen molar-refractivity contribution in [3.05, 3.63) is 59.1 Å². The molecule has 4 rings (SSSR count). The van der Waals surface area contributed by atoms with Crippen molar-refractivity contribution in [1.82, 2.24) is 10.3 Å². The van der Waals surface area contributed by atoms with Crippen LogP contribution in [0.3, 0.4) is 0 Å². The van der Waals surface area contributed by atoms with Crippen LogP contribution in [0.15, 0.2) is 48.7 Å². The highest BCUT2D eigenvalue weighted by atomic mass is 32.1. The summed E-state index contributed by atoms with van der Waals surface area (Å²) in [5, 5.41) is 9.52. The lowest BCUT2D eigenvalue weighted by Crippen LogP contribution is -2.26. The summed E-state index contributed by atoms with van der Waals surface area (Å²) in [7, 11) is 0. The average Bonchev–Trinajstić information content (AvgIpc) is 3.15. The maximum atomic E-state index is 12.3. The zero-order valence-electron chi connectivity index (χ0n) is 14.7. The van der Waals surface area contributed by atoms with Gasteiger partial charge in [-0.1, -0.05) is 42.5 Å². The van der Waals surface area contributed by atoms with Gasteiger partial charge < -0.3 is 10.6 Å². The highest BCUT2D eigenvalue weighted by Crippen LogP contribution is 2.31. The molecule has 0 aliphatic carbocycles. The number of thiazole rings is 1. The fourth-order valence-corrected chi connectivity index (χ4v) is 4.47.